The molecule has 0 radical (unpaired) electrons. The zero-order valence-corrected chi connectivity index (χ0v) is 18.6. The molecule has 0 bridgehead atoms. The first-order valence-corrected chi connectivity index (χ1v) is 10.9. The number of aromatic nitrogens is 2. The van der Waals surface area contributed by atoms with Crippen LogP contribution < -0.4 is 10.9 Å². The molecule has 0 fully saturated rings. The summed E-state index contributed by atoms with van der Waals surface area (Å²) in [5, 5.41) is 3.98. The molecule has 1 aromatic heterocycles. The first-order chi connectivity index (χ1) is 14.4. The lowest BCUT2D eigenvalue weighted by atomic mass is 10.1. The number of hydrogen-bond acceptors (Lipinski definition) is 5. The first-order valence-electron chi connectivity index (χ1n) is 9.91. The Balaban J connectivity index is 1.99. The molecule has 0 aliphatic rings. The molecule has 1 amide bonds. The van der Waals surface area contributed by atoms with Crippen LogP contribution in [0.3, 0.4) is 0 Å². The van der Waals surface area contributed by atoms with E-state index in [1.807, 2.05) is 13.8 Å². The number of ether oxygens (including phenoxy) is 1. The monoisotopic (exact) mass is 425 g/mol. The van der Waals surface area contributed by atoms with E-state index >= 15 is 0 Å². The molecule has 1 N–H and O–H groups in total. The lowest BCUT2D eigenvalue weighted by molar-refractivity contribution is 0.0943. The maximum atomic E-state index is 13.1. The van der Waals surface area contributed by atoms with Gasteiger partial charge in [-0.25, -0.2) is 4.98 Å². The summed E-state index contributed by atoms with van der Waals surface area (Å²) in [7, 11) is 1.61. The van der Waals surface area contributed by atoms with E-state index < -0.39 is 0 Å². The molecule has 3 rings (SSSR count). The lowest BCUT2D eigenvalue weighted by Crippen LogP contribution is -2.30. The van der Waals surface area contributed by atoms with Gasteiger partial charge in [0.15, 0.2) is 5.16 Å². The lowest BCUT2D eigenvalue weighted by Gasteiger charge is -2.14. The summed E-state index contributed by atoms with van der Waals surface area (Å²) in [6, 6.07) is 13.4. The first kappa shape index (κ1) is 22.1. The molecule has 3 aromatic rings. The van der Waals surface area contributed by atoms with Crippen LogP contribution in [0.15, 0.2) is 52.4 Å². The summed E-state index contributed by atoms with van der Waals surface area (Å²) in [5.41, 5.74) is 3.25. The molecule has 6 nitrogen and oxygen atoms in total. The topological polar surface area (TPSA) is 73.2 Å². The van der Waals surface area contributed by atoms with Crippen molar-refractivity contribution in [3.05, 3.63) is 69.5 Å². The number of carbonyl (C=O) groups is 1. The summed E-state index contributed by atoms with van der Waals surface area (Å²) in [6.45, 7) is 6.71. The second-order valence-electron chi connectivity index (χ2n) is 7.48. The van der Waals surface area contributed by atoms with Crippen LogP contribution in [0.25, 0.3) is 10.9 Å². The number of hydrogen-bond donors (Lipinski definition) is 1. The average Bonchev–Trinajstić information content (AvgIpc) is 2.72. The van der Waals surface area contributed by atoms with Gasteiger partial charge in [0.25, 0.3) is 11.5 Å². The van der Waals surface area contributed by atoms with Crippen molar-refractivity contribution < 1.29 is 9.53 Å². The van der Waals surface area contributed by atoms with Crippen LogP contribution in [0.1, 0.15) is 35.3 Å². The molecule has 7 heteroatoms. The fraction of sp³-hybridized carbons (Fsp3) is 0.348. The maximum absolute atomic E-state index is 13.1. The second-order valence-corrected chi connectivity index (χ2v) is 8.42. The zero-order valence-electron chi connectivity index (χ0n) is 17.8. The number of amides is 1. The number of rotatable bonds is 8. The van der Waals surface area contributed by atoms with Crippen LogP contribution in [0, 0.1) is 6.92 Å². The molecule has 0 aliphatic carbocycles. The maximum Gasteiger partial charge on any atom is 0.262 e. The van der Waals surface area contributed by atoms with Crippen LogP contribution >= 0.6 is 11.8 Å². The molecule has 1 heterocycles. The predicted octanol–water partition coefficient (Wildman–Crippen LogP) is 3.78. The third kappa shape index (κ3) is 5.29. The Labute approximate surface area is 180 Å². The number of nitrogens with zero attached hydrogens (tertiary/aromatic N) is 2. The van der Waals surface area contributed by atoms with Crippen molar-refractivity contribution in [2.75, 3.05) is 13.7 Å². The summed E-state index contributed by atoms with van der Waals surface area (Å²) in [6.07, 6.45) is 0. The number of methoxy groups -OCH3 is 1. The van der Waals surface area contributed by atoms with Crippen molar-refractivity contribution in [2.24, 2.45) is 0 Å². The number of aryl methyl sites for hydroxylation is 1. The van der Waals surface area contributed by atoms with Gasteiger partial charge in [-0.15, -0.1) is 0 Å². The van der Waals surface area contributed by atoms with Crippen molar-refractivity contribution in [2.45, 2.75) is 44.3 Å². The van der Waals surface area contributed by atoms with E-state index in [0.29, 0.717) is 40.5 Å². The normalized spacial score (nSPS) is 11.2. The second kappa shape index (κ2) is 9.91. The standard InChI is InChI=1S/C23H27N3O3S/c1-15(2)24-21(27)18-9-10-19-20(13-18)25-23(26(22(19)28)11-12-29-4)30-14-17-7-5-16(3)6-8-17/h5-10,13,15H,11-12,14H2,1-4H3,(H,24,27). The Morgan fingerprint density at radius 1 is 1.20 bits per heavy atom. The van der Waals surface area contributed by atoms with Gasteiger partial charge in [0.2, 0.25) is 0 Å². The van der Waals surface area contributed by atoms with Crippen molar-refractivity contribution in [1.82, 2.24) is 14.9 Å². The quantitative estimate of drug-likeness (QED) is 0.439. The van der Waals surface area contributed by atoms with E-state index in [9.17, 15) is 9.59 Å². The number of benzene rings is 2. The number of fused-ring (bicyclic) bond motifs is 1. The zero-order chi connectivity index (χ0) is 21.7. The van der Waals surface area contributed by atoms with Crippen LogP contribution in [0.2, 0.25) is 0 Å². The summed E-state index contributed by atoms with van der Waals surface area (Å²) in [5.74, 6) is 0.518. The minimum atomic E-state index is -0.175. The third-order valence-electron chi connectivity index (χ3n) is 4.61. The molecular weight excluding hydrogens is 398 g/mol. The van der Waals surface area contributed by atoms with Gasteiger partial charge >= 0.3 is 0 Å². The van der Waals surface area contributed by atoms with Crippen molar-refractivity contribution >= 4 is 28.6 Å². The van der Waals surface area contributed by atoms with Crippen LogP contribution in [-0.4, -0.2) is 35.2 Å². The Kier molecular flexibility index (Phi) is 7.29. The average molecular weight is 426 g/mol. The highest BCUT2D eigenvalue weighted by Gasteiger charge is 2.15. The van der Waals surface area contributed by atoms with Crippen LogP contribution in [0.4, 0.5) is 0 Å². The van der Waals surface area contributed by atoms with Crippen molar-refractivity contribution in [1.29, 1.82) is 0 Å². The molecule has 0 saturated heterocycles. The molecule has 158 valence electrons. The predicted molar refractivity (Wildman–Crippen MR) is 121 cm³/mol. The van der Waals surface area contributed by atoms with E-state index in [1.54, 1.807) is 29.9 Å². The molecule has 0 unspecified atom stereocenters. The van der Waals surface area contributed by atoms with Gasteiger partial charge in [0.1, 0.15) is 0 Å². The van der Waals surface area contributed by atoms with E-state index in [1.165, 1.54) is 17.3 Å². The molecular formula is C23H27N3O3S. The molecule has 0 saturated carbocycles. The smallest absolute Gasteiger partial charge is 0.262 e. The number of nitrogens with one attached hydrogen (secondary N) is 1. The van der Waals surface area contributed by atoms with Gasteiger partial charge < -0.3 is 10.1 Å². The number of carbonyl (C=O) groups excluding carboxylic acids is 1. The highest BCUT2D eigenvalue weighted by Crippen LogP contribution is 2.23. The van der Waals surface area contributed by atoms with Gasteiger partial charge in [0.05, 0.1) is 24.1 Å². The van der Waals surface area contributed by atoms with Gasteiger partial charge in [0, 0.05) is 24.5 Å². The molecule has 0 aliphatic heterocycles. The minimum absolute atomic E-state index is 0.0313. The Morgan fingerprint density at radius 2 is 1.93 bits per heavy atom. The van der Waals surface area contributed by atoms with Crippen LogP contribution in [-0.2, 0) is 17.0 Å². The fourth-order valence-corrected chi connectivity index (χ4v) is 3.99. The van der Waals surface area contributed by atoms with E-state index in [2.05, 4.69) is 36.5 Å². The SMILES string of the molecule is COCCn1c(SCc2ccc(C)cc2)nc2cc(C(=O)NC(C)C)ccc2c1=O. The summed E-state index contributed by atoms with van der Waals surface area (Å²) < 4.78 is 6.83. The Bertz CT molecular complexity index is 1090. The highest BCUT2D eigenvalue weighted by atomic mass is 32.2. The third-order valence-corrected chi connectivity index (χ3v) is 5.66. The van der Waals surface area contributed by atoms with E-state index in [-0.39, 0.29) is 17.5 Å². The summed E-state index contributed by atoms with van der Waals surface area (Å²) >= 11 is 1.51. The van der Waals surface area contributed by atoms with Gasteiger partial charge in [-0.1, -0.05) is 41.6 Å². The number of thioether (sulfide) groups is 1. The largest absolute Gasteiger partial charge is 0.383 e. The highest BCUT2D eigenvalue weighted by molar-refractivity contribution is 7.98. The molecule has 2 aromatic carbocycles. The summed E-state index contributed by atoms with van der Waals surface area (Å²) in [4.78, 5) is 30.2. The van der Waals surface area contributed by atoms with Gasteiger partial charge in [-0.05, 0) is 44.5 Å². The van der Waals surface area contributed by atoms with Crippen molar-refractivity contribution in [3.8, 4) is 0 Å². The van der Waals surface area contributed by atoms with Crippen LogP contribution in [0.5, 0.6) is 0 Å². The molecule has 0 atom stereocenters. The van der Waals surface area contributed by atoms with Crippen molar-refractivity contribution in [3.63, 3.8) is 0 Å². The Hall–Kier alpha value is -2.64. The molecule has 30 heavy (non-hydrogen) atoms. The van der Waals surface area contributed by atoms with Gasteiger partial charge in [-0.3, -0.25) is 14.2 Å². The fourth-order valence-electron chi connectivity index (χ4n) is 3.01. The van der Waals surface area contributed by atoms with Gasteiger partial charge in [-0.2, -0.15) is 0 Å². The Morgan fingerprint density at radius 3 is 2.60 bits per heavy atom. The minimum Gasteiger partial charge on any atom is -0.383 e. The molecule has 0 spiro atoms. The van der Waals surface area contributed by atoms with E-state index in [0.717, 1.165) is 5.56 Å². The van der Waals surface area contributed by atoms with E-state index in [4.69, 9.17) is 9.72 Å².